The van der Waals surface area contributed by atoms with E-state index in [4.69, 9.17) is 4.74 Å². The highest BCUT2D eigenvalue weighted by Crippen LogP contribution is 2.30. The minimum absolute atomic E-state index is 0.379. The summed E-state index contributed by atoms with van der Waals surface area (Å²) in [6.07, 6.45) is 0. The lowest BCUT2D eigenvalue weighted by atomic mass is 10.3. The van der Waals surface area contributed by atoms with Gasteiger partial charge in [-0.05, 0) is 31.2 Å². The monoisotopic (exact) mass is 284 g/mol. The molecule has 1 unspecified atom stereocenters. The summed E-state index contributed by atoms with van der Waals surface area (Å²) in [5, 5.41) is 4.31. The fourth-order valence-electron chi connectivity index (χ4n) is 1.93. The molecule has 4 heteroatoms. The van der Waals surface area contributed by atoms with Gasteiger partial charge >= 0.3 is 0 Å². The minimum atomic E-state index is 0.379. The van der Waals surface area contributed by atoms with Gasteiger partial charge in [-0.2, -0.15) is 0 Å². The van der Waals surface area contributed by atoms with Gasteiger partial charge < -0.3 is 10.1 Å². The average molecular weight is 284 g/mol. The zero-order valence-corrected chi connectivity index (χ0v) is 12.1. The number of aliphatic imine (C=N–C) groups is 1. The van der Waals surface area contributed by atoms with Crippen molar-refractivity contribution in [2.24, 2.45) is 4.99 Å². The summed E-state index contributed by atoms with van der Waals surface area (Å²) in [6, 6.07) is 18.1. The van der Waals surface area contributed by atoms with Crippen molar-refractivity contribution in [1.29, 1.82) is 0 Å². The van der Waals surface area contributed by atoms with E-state index in [1.165, 1.54) is 0 Å². The van der Waals surface area contributed by atoms with Crippen LogP contribution < -0.4 is 10.1 Å². The van der Waals surface area contributed by atoms with Crippen molar-refractivity contribution in [3.8, 4) is 11.5 Å². The van der Waals surface area contributed by atoms with E-state index in [-0.39, 0.29) is 0 Å². The van der Waals surface area contributed by atoms with Crippen LogP contribution in [0.4, 0.5) is 5.69 Å². The molecule has 2 aromatic carbocycles. The third-order valence-corrected chi connectivity index (χ3v) is 4.03. The van der Waals surface area contributed by atoms with Gasteiger partial charge in [0, 0.05) is 5.75 Å². The molecule has 0 fully saturated rings. The van der Waals surface area contributed by atoms with Crippen LogP contribution in [0.2, 0.25) is 0 Å². The van der Waals surface area contributed by atoms with Crippen molar-refractivity contribution in [3.05, 3.63) is 54.6 Å². The smallest absolute Gasteiger partial charge is 0.161 e. The highest BCUT2D eigenvalue weighted by Gasteiger charge is 2.15. The van der Waals surface area contributed by atoms with E-state index in [0.29, 0.717) is 6.04 Å². The number of rotatable bonds is 3. The largest absolute Gasteiger partial charge is 0.455 e. The number of nitrogens with one attached hydrogen (secondary N) is 1. The van der Waals surface area contributed by atoms with Crippen LogP contribution >= 0.6 is 11.8 Å². The molecule has 0 bridgehead atoms. The van der Waals surface area contributed by atoms with Gasteiger partial charge in [0.2, 0.25) is 0 Å². The predicted octanol–water partition coefficient (Wildman–Crippen LogP) is 4.38. The van der Waals surface area contributed by atoms with Gasteiger partial charge in [0.05, 0.1) is 11.7 Å². The van der Waals surface area contributed by atoms with Crippen molar-refractivity contribution in [3.63, 3.8) is 0 Å². The Morgan fingerprint density at radius 1 is 1.10 bits per heavy atom. The fraction of sp³-hybridized carbons (Fsp3) is 0.188. The molecule has 1 N–H and O–H groups in total. The number of benzene rings is 2. The van der Waals surface area contributed by atoms with E-state index >= 15 is 0 Å². The zero-order chi connectivity index (χ0) is 13.8. The lowest BCUT2D eigenvalue weighted by Crippen LogP contribution is -2.06. The quantitative estimate of drug-likeness (QED) is 0.908. The second-order valence-corrected chi connectivity index (χ2v) is 5.64. The lowest BCUT2D eigenvalue weighted by molar-refractivity contribution is 0.485. The van der Waals surface area contributed by atoms with E-state index in [9.17, 15) is 0 Å². The van der Waals surface area contributed by atoms with Crippen LogP contribution in [-0.2, 0) is 0 Å². The Balaban J connectivity index is 1.80. The predicted molar refractivity (Wildman–Crippen MR) is 85.9 cm³/mol. The molecule has 3 nitrogen and oxygen atoms in total. The molecule has 0 saturated carbocycles. The highest BCUT2D eigenvalue weighted by atomic mass is 32.2. The number of amidine groups is 1. The van der Waals surface area contributed by atoms with Gasteiger partial charge in [-0.15, -0.1) is 0 Å². The standard InChI is InChI=1S/C16H16N2OS/c1-12-11-20-16(17-12)18-14-9-5-6-10-15(14)19-13-7-3-2-4-8-13/h2-10,12H,11H2,1H3,(H,17,18). The summed E-state index contributed by atoms with van der Waals surface area (Å²) >= 11 is 1.74. The average Bonchev–Trinajstić information content (AvgIpc) is 2.88. The summed E-state index contributed by atoms with van der Waals surface area (Å²) in [6.45, 7) is 2.12. The number of thioether (sulfide) groups is 1. The second kappa shape index (κ2) is 6.01. The maximum atomic E-state index is 5.92. The van der Waals surface area contributed by atoms with Crippen LogP contribution in [0.25, 0.3) is 0 Å². The third kappa shape index (κ3) is 3.14. The molecule has 1 heterocycles. The van der Waals surface area contributed by atoms with Gasteiger partial charge in [0.15, 0.2) is 10.9 Å². The number of ether oxygens (including phenoxy) is 1. The fourth-order valence-corrected chi connectivity index (χ4v) is 2.84. The summed E-state index contributed by atoms with van der Waals surface area (Å²) in [5.74, 6) is 2.67. The van der Waals surface area contributed by atoms with Crippen molar-refractivity contribution in [2.75, 3.05) is 11.1 Å². The normalized spacial score (nSPS) is 17.6. The first-order valence-corrected chi connectivity index (χ1v) is 7.59. The number of hydrogen-bond acceptors (Lipinski definition) is 4. The minimum Gasteiger partial charge on any atom is -0.455 e. The molecular formula is C16H16N2OS. The first kappa shape index (κ1) is 13.1. The molecule has 2 aromatic rings. The third-order valence-electron chi connectivity index (χ3n) is 2.90. The van der Waals surface area contributed by atoms with Gasteiger partial charge in [-0.3, -0.25) is 4.99 Å². The molecular weight excluding hydrogens is 268 g/mol. The van der Waals surface area contributed by atoms with E-state index in [1.54, 1.807) is 11.8 Å². The van der Waals surface area contributed by atoms with Gasteiger partial charge in [0.25, 0.3) is 0 Å². The molecule has 0 radical (unpaired) electrons. The maximum absolute atomic E-state index is 5.92. The molecule has 1 atom stereocenters. The van der Waals surface area contributed by atoms with Crippen LogP contribution in [0.15, 0.2) is 59.6 Å². The molecule has 1 aliphatic heterocycles. The van der Waals surface area contributed by atoms with Crippen LogP contribution in [0.5, 0.6) is 11.5 Å². The van der Waals surface area contributed by atoms with E-state index in [1.807, 2.05) is 54.6 Å². The lowest BCUT2D eigenvalue weighted by Gasteiger charge is -2.12. The van der Waals surface area contributed by atoms with Crippen LogP contribution in [0.3, 0.4) is 0 Å². The summed E-state index contributed by atoms with van der Waals surface area (Å²) < 4.78 is 5.92. The Morgan fingerprint density at radius 3 is 2.60 bits per heavy atom. The first-order valence-electron chi connectivity index (χ1n) is 6.61. The molecule has 0 amide bonds. The molecule has 0 spiro atoms. The molecule has 102 valence electrons. The Kier molecular flexibility index (Phi) is 3.92. The number of para-hydroxylation sites is 3. The van der Waals surface area contributed by atoms with Crippen LogP contribution in [0.1, 0.15) is 6.92 Å². The van der Waals surface area contributed by atoms with Gasteiger partial charge in [-0.1, -0.05) is 42.1 Å². The number of anilines is 1. The maximum Gasteiger partial charge on any atom is 0.161 e. The van der Waals surface area contributed by atoms with E-state index < -0.39 is 0 Å². The summed E-state index contributed by atoms with van der Waals surface area (Å²) in [5.41, 5.74) is 0.941. The van der Waals surface area contributed by atoms with Gasteiger partial charge in [-0.25, -0.2) is 0 Å². The molecule has 1 aliphatic rings. The topological polar surface area (TPSA) is 33.6 Å². The summed E-state index contributed by atoms with van der Waals surface area (Å²) in [7, 11) is 0. The SMILES string of the molecule is CC1CSC(Nc2ccccc2Oc2ccccc2)=N1. The zero-order valence-electron chi connectivity index (χ0n) is 11.2. The molecule has 3 rings (SSSR count). The molecule has 0 saturated heterocycles. The molecule has 20 heavy (non-hydrogen) atoms. The van der Waals surface area contributed by atoms with Crippen molar-refractivity contribution < 1.29 is 4.74 Å². The van der Waals surface area contributed by atoms with Crippen molar-refractivity contribution in [1.82, 2.24) is 0 Å². The van der Waals surface area contributed by atoms with E-state index in [2.05, 4.69) is 17.2 Å². The second-order valence-electron chi connectivity index (χ2n) is 4.63. The van der Waals surface area contributed by atoms with Crippen LogP contribution in [-0.4, -0.2) is 17.0 Å². The Labute approximate surface area is 123 Å². The van der Waals surface area contributed by atoms with Crippen LogP contribution in [0, 0.1) is 0 Å². The Bertz CT molecular complexity index is 613. The van der Waals surface area contributed by atoms with Crippen molar-refractivity contribution in [2.45, 2.75) is 13.0 Å². The number of nitrogens with zero attached hydrogens (tertiary/aromatic N) is 1. The summed E-state index contributed by atoms with van der Waals surface area (Å²) in [4.78, 5) is 4.54. The molecule has 0 aliphatic carbocycles. The first-order chi connectivity index (χ1) is 9.81. The Hall–Kier alpha value is -1.94. The number of hydrogen-bond donors (Lipinski definition) is 1. The van der Waals surface area contributed by atoms with Crippen molar-refractivity contribution >= 4 is 22.6 Å². The molecule has 0 aromatic heterocycles. The Morgan fingerprint density at radius 2 is 1.85 bits per heavy atom. The van der Waals surface area contributed by atoms with E-state index in [0.717, 1.165) is 28.1 Å². The highest BCUT2D eigenvalue weighted by molar-refractivity contribution is 8.14. The van der Waals surface area contributed by atoms with Gasteiger partial charge in [0.1, 0.15) is 5.75 Å².